The van der Waals surface area contributed by atoms with E-state index < -0.39 is 0 Å². The minimum absolute atomic E-state index is 0.122. The lowest BCUT2D eigenvalue weighted by atomic mass is 10.0. The van der Waals surface area contributed by atoms with E-state index in [2.05, 4.69) is 60.6 Å². The molecule has 2 N–H and O–H groups in total. The molecule has 3 aromatic carbocycles. The average molecular weight is 450 g/mol. The van der Waals surface area contributed by atoms with Crippen molar-refractivity contribution >= 4 is 21.7 Å². The number of likely N-dealkylation sites (tertiary alicyclic amines) is 1. The summed E-state index contributed by atoms with van der Waals surface area (Å²) in [5.74, 6) is 1.58. The summed E-state index contributed by atoms with van der Waals surface area (Å²) in [6.07, 6.45) is 2.60. The fourth-order valence-corrected chi connectivity index (χ4v) is 4.58. The van der Waals surface area contributed by atoms with Crippen molar-refractivity contribution in [3.63, 3.8) is 0 Å². The van der Waals surface area contributed by atoms with Crippen LogP contribution < -0.4 is 4.74 Å². The van der Waals surface area contributed by atoms with E-state index in [-0.39, 0.29) is 5.82 Å². The predicted octanol–water partition coefficient (Wildman–Crippen LogP) is 4.51. The van der Waals surface area contributed by atoms with Crippen LogP contribution in [0.25, 0.3) is 44.3 Å². The topological polar surface area (TPSA) is 107 Å². The van der Waals surface area contributed by atoms with E-state index in [1.54, 1.807) is 0 Å². The van der Waals surface area contributed by atoms with Crippen LogP contribution in [0.5, 0.6) is 5.75 Å². The standard InChI is InChI=1S/C26H23N7O/c27-16-24-28-26(32-30-24)20-6-8-23-22(15-20)25(31-29-23)19-4-3-18-14-21(7-5-17(18)13-19)34-12-11-33-9-1-2-10-33/h3-8,13-15H,1-2,9-12H2,(H,29,31)(H,28,30,32). The van der Waals surface area contributed by atoms with Crippen molar-refractivity contribution in [1.29, 1.82) is 5.26 Å². The molecule has 0 unspecified atom stereocenters. The van der Waals surface area contributed by atoms with Gasteiger partial charge in [0.05, 0.1) is 11.2 Å². The summed E-state index contributed by atoms with van der Waals surface area (Å²) in [5.41, 5.74) is 3.67. The molecule has 3 heterocycles. The summed E-state index contributed by atoms with van der Waals surface area (Å²) in [4.78, 5) is 6.67. The van der Waals surface area contributed by atoms with Gasteiger partial charge in [0.25, 0.3) is 5.82 Å². The lowest BCUT2D eigenvalue weighted by molar-refractivity contribution is 0.238. The Kier molecular flexibility index (Phi) is 5.17. The van der Waals surface area contributed by atoms with Crippen LogP contribution in [0.1, 0.15) is 18.7 Å². The van der Waals surface area contributed by atoms with Gasteiger partial charge in [0.15, 0.2) is 5.82 Å². The van der Waals surface area contributed by atoms with Crippen molar-refractivity contribution in [3.05, 3.63) is 60.4 Å². The molecule has 0 aliphatic carbocycles. The van der Waals surface area contributed by atoms with Crippen LogP contribution in [-0.2, 0) is 0 Å². The number of hydrogen-bond acceptors (Lipinski definition) is 6. The summed E-state index contributed by atoms with van der Waals surface area (Å²) in [6.45, 7) is 4.07. The number of benzene rings is 3. The monoisotopic (exact) mass is 449 g/mol. The van der Waals surface area contributed by atoms with Crippen LogP contribution in [0.3, 0.4) is 0 Å². The zero-order valence-electron chi connectivity index (χ0n) is 18.6. The largest absolute Gasteiger partial charge is 0.492 e. The second-order valence-electron chi connectivity index (χ2n) is 8.57. The third-order valence-corrected chi connectivity index (χ3v) is 6.38. The molecule has 1 saturated heterocycles. The van der Waals surface area contributed by atoms with Gasteiger partial charge in [-0.3, -0.25) is 15.1 Å². The van der Waals surface area contributed by atoms with E-state index in [0.29, 0.717) is 12.4 Å². The molecule has 1 fully saturated rings. The summed E-state index contributed by atoms with van der Waals surface area (Å²) < 4.78 is 6.01. The molecule has 1 aliphatic heterocycles. The van der Waals surface area contributed by atoms with Gasteiger partial charge in [-0.05, 0) is 73.1 Å². The van der Waals surface area contributed by atoms with Crippen LogP contribution in [-0.4, -0.2) is 56.5 Å². The molecule has 2 aromatic heterocycles. The zero-order chi connectivity index (χ0) is 22.9. The van der Waals surface area contributed by atoms with Gasteiger partial charge in [-0.25, -0.2) is 0 Å². The van der Waals surface area contributed by atoms with Gasteiger partial charge in [0.2, 0.25) is 0 Å². The highest BCUT2D eigenvalue weighted by atomic mass is 16.5. The Morgan fingerprint density at radius 1 is 0.912 bits per heavy atom. The molecule has 0 saturated carbocycles. The van der Waals surface area contributed by atoms with Gasteiger partial charge in [0, 0.05) is 23.1 Å². The molecule has 0 atom stereocenters. The number of ether oxygens (including phenoxy) is 1. The first kappa shape index (κ1) is 20.4. The van der Waals surface area contributed by atoms with E-state index in [4.69, 9.17) is 10.00 Å². The summed E-state index contributed by atoms with van der Waals surface area (Å²) >= 11 is 0. The molecule has 5 aromatic rings. The van der Waals surface area contributed by atoms with E-state index >= 15 is 0 Å². The Balaban J connectivity index is 1.26. The Labute approximate surface area is 196 Å². The first-order chi connectivity index (χ1) is 16.8. The van der Waals surface area contributed by atoms with Crippen molar-refractivity contribution in [2.45, 2.75) is 12.8 Å². The van der Waals surface area contributed by atoms with Gasteiger partial charge in [-0.15, -0.1) is 5.10 Å². The Hall–Kier alpha value is -4.22. The first-order valence-electron chi connectivity index (χ1n) is 11.5. The zero-order valence-corrected chi connectivity index (χ0v) is 18.6. The van der Waals surface area contributed by atoms with E-state index in [9.17, 15) is 0 Å². The van der Waals surface area contributed by atoms with Crippen LogP contribution in [0.2, 0.25) is 0 Å². The highest BCUT2D eigenvalue weighted by Crippen LogP contribution is 2.32. The molecule has 6 rings (SSSR count). The van der Waals surface area contributed by atoms with Crippen LogP contribution in [0, 0.1) is 11.3 Å². The molecule has 0 amide bonds. The normalized spacial score (nSPS) is 14.1. The van der Waals surface area contributed by atoms with Crippen molar-refractivity contribution in [2.75, 3.05) is 26.2 Å². The van der Waals surface area contributed by atoms with Gasteiger partial charge >= 0.3 is 0 Å². The highest BCUT2D eigenvalue weighted by Gasteiger charge is 2.13. The average Bonchev–Trinajstić information content (AvgIpc) is 3.64. The van der Waals surface area contributed by atoms with Gasteiger partial charge < -0.3 is 4.74 Å². The summed E-state index contributed by atoms with van der Waals surface area (Å²) in [6, 6.07) is 20.4. The van der Waals surface area contributed by atoms with Gasteiger partial charge in [-0.2, -0.15) is 15.3 Å². The van der Waals surface area contributed by atoms with Crippen molar-refractivity contribution < 1.29 is 4.74 Å². The van der Waals surface area contributed by atoms with E-state index in [1.807, 2.05) is 30.3 Å². The number of hydrogen-bond donors (Lipinski definition) is 2. The van der Waals surface area contributed by atoms with Crippen molar-refractivity contribution in [3.8, 4) is 34.5 Å². The smallest absolute Gasteiger partial charge is 0.252 e. The molecule has 1 aliphatic rings. The second-order valence-corrected chi connectivity index (χ2v) is 8.57. The highest BCUT2D eigenvalue weighted by molar-refractivity contribution is 5.97. The molecular weight excluding hydrogens is 426 g/mol. The maximum absolute atomic E-state index is 9.00. The minimum atomic E-state index is 0.122. The molecule has 168 valence electrons. The quantitative estimate of drug-likeness (QED) is 0.395. The van der Waals surface area contributed by atoms with Gasteiger partial charge in [0.1, 0.15) is 18.4 Å². The number of fused-ring (bicyclic) bond motifs is 2. The molecule has 0 bridgehead atoms. The van der Waals surface area contributed by atoms with Crippen LogP contribution >= 0.6 is 0 Å². The second kappa shape index (κ2) is 8.61. The molecule has 8 heteroatoms. The Bertz CT molecular complexity index is 1520. The Morgan fingerprint density at radius 2 is 1.74 bits per heavy atom. The number of H-pyrrole nitrogens is 2. The molecule has 0 spiro atoms. The van der Waals surface area contributed by atoms with Crippen molar-refractivity contribution in [2.24, 2.45) is 0 Å². The van der Waals surface area contributed by atoms with E-state index in [1.165, 1.54) is 25.9 Å². The molecule has 34 heavy (non-hydrogen) atoms. The number of rotatable bonds is 6. The van der Waals surface area contributed by atoms with Gasteiger partial charge in [-0.1, -0.05) is 18.2 Å². The number of aromatic nitrogens is 5. The lowest BCUT2D eigenvalue weighted by Gasteiger charge is -2.15. The lowest BCUT2D eigenvalue weighted by Crippen LogP contribution is -2.25. The SMILES string of the molecule is N#Cc1n[nH]c(-c2ccc3[nH]nc(-c4ccc5cc(OCCN6CCCC6)ccc5c4)c3c2)n1. The number of nitrogens with one attached hydrogen (secondary N) is 2. The summed E-state index contributed by atoms with van der Waals surface area (Å²) in [5, 5.41) is 26.7. The maximum atomic E-state index is 9.00. The number of aromatic amines is 2. The van der Waals surface area contributed by atoms with Crippen LogP contribution in [0.4, 0.5) is 0 Å². The molecule has 0 radical (unpaired) electrons. The maximum Gasteiger partial charge on any atom is 0.252 e. The van der Waals surface area contributed by atoms with E-state index in [0.717, 1.165) is 50.8 Å². The number of nitriles is 1. The fourth-order valence-electron chi connectivity index (χ4n) is 4.58. The minimum Gasteiger partial charge on any atom is -0.492 e. The predicted molar refractivity (Wildman–Crippen MR) is 130 cm³/mol. The molecule has 8 nitrogen and oxygen atoms in total. The Morgan fingerprint density at radius 3 is 2.59 bits per heavy atom. The summed E-state index contributed by atoms with van der Waals surface area (Å²) in [7, 11) is 0. The fraction of sp³-hybridized carbons (Fsp3) is 0.231. The number of nitrogens with zero attached hydrogens (tertiary/aromatic N) is 5. The van der Waals surface area contributed by atoms with Crippen LogP contribution in [0.15, 0.2) is 54.6 Å². The molecular formula is C26H23N7O. The third kappa shape index (κ3) is 3.87. The first-order valence-corrected chi connectivity index (χ1v) is 11.5. The third-order valence-electron chi connectivity index (χ3n) is 6.38. The van der Waals surface area contributed by atoms with Crippen molar-refractivity contribution in [1.82, 2.24) is 30.3 Å².